The predicted octanol–water partition coefficient (Wildman–Crippen LogP) is 6.30. The molecule has 4 aliphatic rings. The number of methoxy groups -OCH3 is 1. The lowest BCUT2D eigenvalue weighted by atomic mass is 9.59. The smallest absolute Gasteiger partial charge is 0.160 e. The van der Waals surface area contributed by atoms with E-state index in [0.29, 0.717) is 23.5 Å². The maximum Gasteiger partial charge on any atom is 0.160 e. The van der Waals surface area contributed by atoms with Crippen LogP contribution in [0.4, 0.5) is 0 Å². The zero-order chi connectivity index (χ0) is 22.3. The van der Waals surface area contributed by atoms with Crippen molar-refractivity contribution in [2.45, 2.75) is 88.3 Å². The fraction of sp³-hybridized carbons (Fsp3) is 0.586. The second-order valence-corrected chi connectivity index (χ2v) is 11.8. The van der Waals surface area contributed by atoms with E-state index in [4.69, 9.17) is 9.47 Å². The molecule has 3 nitrogen and oxygen atoms in total. The van der Waals surface area contributed by atoms with Crippen LogP contribution in [0.3, 0.4) is 0 Å². The van der Waals surface area contributed by atoms with Gasteiger partial charge in [-0.15, -0.1) is 0 Å². The van der Waals surface area contributed by atoms with Gasteiger partial charge in [-0.1, -0.05) is 45.0 Å². The summed E-state index contributed by atoms with van der Waals surface area (Å²) in [5.74, 6) is 2.84. The maximum atomic E-state index is 10.3. The quantitative estimate of drug-likeness (QED) is 0.579. The van der Waals surface area contributed by atoms with Gasteiger partial charge in [0.05, 0.1) is 7.11 Å². The van der Waals surface area contributed by atoms with Gasteiger partial charge in [0.25, 0.3) is 0 Å². The Morgan fingerprint density at radius 2 is 1.84 bits per heavy atom. The normalized spacial score (nSPS) is 34.8. The number of aryl methyl sites for hydroxylation is 1. The Labute approximate surface area is 192 Å². The third-order valence-electron chi connectivity index (χ3n) is 9.32. The number of aromatic hydroxyl groups is 1. The van der Waals surface area contributed by atoms with Crippen LogP contribution in [0.15, 0.2) is 36.4 Å². The zero-order valence-electron chi connectivity index (χ0n) is 19.9. The van der Waals surface area contributed by atoms with Crippen molar-refractivity contribution in [2.75, 3.05) is 7.11 Å². The first-order valence-electron chi connectivity index (χ1n) is 12.5. The van der Waals surface area contributed by atoms with Crippen molar-refractivity contribution in [3.8, 4) is 11.5 Å². The SMILES string of the molecule is COc1cc2c(cc1O)CCC1C2CCC23O[C@@]2(Cc2ccc(C(C)(C)C)cc2)CCC13. The van der Waals surface area contributed by atoms with E-state index in [2.05, 4.69) is 51.1 Å². The average Bonchev–Trinajstić information content (AvgIpc) is 3.26. The number of phenols is 1. The lowest BCUT2D eigenvalue weighted by Crippen LogP contribution is -2.41. The molecule has 32 heavy (non-hydrogen) atoms. The minimum Gasteiger partial charge on any atom is -0.504 e. The van der Waals surface area contributed by atoms with Crippen LogP contribution in [-0.2, 0) is 23.0 Å². The van der Waals surface area contributed by atoms with Gasteiger partial charge >= 0.3 is 0 Å². The molecule has 1 heterocycles. The maximum absolute atomic E-state index is 10.3. The van der Waals surface area contributed by atoms with Crippen molar-refractivity contribution in [1.82, 2.24) is 0 Å². The highest BCUT2D eigenvalue weighted by atomic mass is 16.6. The van der Waals surface area contributed by atoms with E-state index in [1.807, 2.05) is 6.07 Å². The molecule has 3 fully saturated rings. The van der Waals surface area contributed by atoms with Crippen LogP contribution < -0.4 is 4.74 Å². The molecule has 6 rings (SSSR count). The summed E-state index contributed by atoms with van der Waals surface area (Å²) in [6, 6.07) is 13.4. The Balaban J connectivity index is 1.24. The number of hydrogen-bond donors (Lipinski definition) is 1. The van der Waals surface area contributed by atoms with Crippen molar-refractivity contribution in [2.24, 2.45) is 11.8 Å². The Hall–Kier alpha value is -2.00. The summed E-state index contributed by atoms with van der Waals surface area (Å²) >= 11 is 0. The van der Waals surface area contributed by atoms with Crippen LogP contribution in [0.25, 0.3) is 0 Å². The first kappa shape index (κ1) is 20.6. The third-order valence-corrected chi connectivity index (χ3v) is 9.32. The fourth-order valence-corrected chi connectivity index (χ4v) is 7.70. The van der Waals surface area contributed by atoms with Gasteiger partial charge in [-0.2, -0.15) is 0 Å². The Morgan fingerprint density at radius 3 is 2.56 bits per heavy atom. The molecule has 1 saturated heterocycles. The Bertz CT molecular complexity index is 1050. The summed E-state index contributed by atoms with van der Waals surface area (Å²) in [5, 5.41) is 10.3. The van der Waals surface area contributed by atoms with Crippen LogP contribution in [0.1, 0.15) is 81.0 Å². The Kier molecular flexibility index (Phi) is 4.35. The standard InChI is InChI=1S/C29H36O3/c1-27(2,3)20-8-5-18(6-9-20)17-28-13-12-24-22-10-7-19-15-25(30)26(31-4)16-23(19)21(22)11-14-29(24,28)32-28/h5-6,8-9,15-16,21-22,24,30H,7,10-14,17H2,1-4H3/t21?,22?,24?,28-,29?/m1/s1. The summed E-state index contributed by atoms with van der Waals surface area (Å²) in [6.07, 6.45) is 8.19. The van der Waals surface area contributed by atoms with E-state index < -0.39 is 0 Å². The minimum atomic E-state index is 0.0683. The van der Waals surface area contributed by atoms with E-state index in [0.717, 1.165) is 12.8 Å². The molecule has 2 aromatic rings. The van der Waals surface area contributed by atoms with Gasteiger partial charge in [0, 0.05) is 6.42 Å². The summed E-state index contributed by atoms with van der Waals surface area (Å²) in [5.41, 5.74) is 5.93. The number of rotatable bonds is 3. The monoisotopic (exact) mass is 432 g/mol. The van der Waals surface area contributed by atoms with Crippen molar-refractivity contribution in [3.05, 3.63) is 58.7 Å². The number of benzene rings is 2. The van der Waals surface area contributed by atoms with Gasteiger partial charge in [-0.05, 0) is 96.1 Å². The molecule has 1 spiro atoms. The average molecular weight is 433 g/mol. The van der Waals surface area contributed by atoms with Crippen molar-refractivity contribution in [1.29, 1.82) is 0 Å². The number of epoxide rings is 1. The van der Waals surface area contributed by atoms with Crippen molar-refractivity contribution >= 4 is 0 Å². The van der Waals surface area contributed by atoms with Crippen LogP contribution in [0, 0.1) is 11.8 Å². The Morgan fingerprint density at radius 1 is 1.06 bits per heavy atom. The molecule has 0 bridgehead atoms. The van der Waals surface area contributed by atoms with Crippen LogP contribution in [0.5, 0.6) is 11.5 Å². The van der Waals surface area contributed by atoms with Crippen LogP contribution in [-0.4, -0.2) is 23.4 Å². The highest BCUT2D eigenvalue weighted by Crippen LogP contribution is 2.72. The van der Waals surface area contributed by atoms with E-state index in [1.54, 1.807) is 7.11 Å². The first-order valence-corrected chi connectivity index (χ1v) is 12.5. The van der Waals surface area contributed by atoms with Gasteiger partial charge < -0.3 is 14.6 Å². The molecular weight excluding hydrogens is 396 g/mol. The first-order chi connectivity index (χ1) is 15.3. The zero-order valence-corrected chi connectivity index (χ0v) is 19.9. The molecule has 0 aromatic heterocycles. The molecule has 3 heteroatoms. The number of phenolic OH excluding ortho intramolecular Hbond substituents is 1. The minimum absolute atomic E-state index is 0.0683. The number of hydrogen-bond acceptors (Lipinski definition) is 3. The second-order valence-electron chi connectivity index (χ2n) is 11.8. The van der Waals surface area contributed by atoms with Crippen molar-refractivity contribution < 1.29 is 14.6 Å². The van der Waals surface area contributed by atoms with Crippen LogP contribution >= 0.6 is 0 Å². The molecule has 4 unspecified atom stereocenters. The molecule has 2 saturated carbocycles. The van der Waals surface area contributed by atoms with Gasteiger partial charge in [0.1, 0.15) is 11.2 Å². The lowest BCUT2D eigenvalue weighted by Gasteiger charge is -2.44. The molecule has 2 aromatic carbocycles. The van der Waals surface area contributed by atoms with E-state index in [-0.39, 0.29) is 22.4 Å². The second kappa shape index (κ2) is 6.76. The molecule has 1 aliphatic heterocycles. The molecule has 0 radical (unpaired) electrons. The molecule has 0 amide bonds. The van der Waals surface area contributed by atoms with Gasteiger partial charge in [0.2, 0.25) is 0 Å². The summed E-state index contributed by atoms with van der Waals surface area (Å²) in [7, 11) is 1.65. The third kappa shape index (κ3) is 2.83. The lowest BCUT2D eigenvalue weighted by molar-refractivity contribution is 0.0624. The molecule has 5 atom stereocenters. The van der Waals surface area contributed by atoms with Gasteiger partial charge in [-0.25, -0.2) is 0 Å². The molecule has 170 valence electrons. The topological polar surface area (TPSA) is 42.0 Å². The molecule has 1 N–H and O–H groups in total. The van der Waals surface area contributed by atoms with E-state index in [1.165, 1.54) is 54.4 Å². The van der Waals surface area contributed by atoms with E-state index >= 15 is 0 Å². The number of ether oxygens (including phenoxy) is 2. The fourth-order valence-electron chi connectivity index (χ4n) is 7.70. The highest BCUT2D eigenvalue weighted by Gasteiger charge is 2.78. The van der Waals surface area contributed by atoms with Gasteiger partial charge in [-0.3, -0.25) is 0 Å². The largest absolute Gasteiger partial charge is 0.504 e. The highest BCUT2D eigenvalue weighted by molar-refractivity contribution is 5.50. The number of fused-ring (bicyclic) bond motifs is 4. The van der Waals surface area contributed by atoms with E-state index in [9.17, 15) is 5.11 Å². The molecule has 3 aliphatic carbocycles. The van der Waals surface area contributed by atoms with Gasteiger partial charge in [0.15, 0.2) is 11.5 Å². The summed E-state index contributed by atoms with van der Waals surface area (Å²) < 4.78 is 12.2. The molecular formula is C29H36O3. The summed E-state index contributed by atoms with van der Waals surface area (Å²) in [6.45, 7) is 6.83. The van der Waals surface area contributed by atoms with Crippen molar-refractivity contribution in [3.63, 3.8) is 0 Å². The summed E-state index contributed by atoms with van der Waals surface area (Å²) in [4.78, 5) is 0. The van der Waals surface area contributed by atoms with Crippen LogP contribution in [0.2, 0.25) is 0 Å². The predicted molar refractivity (Wildman–Crippen MR) is 127 cm³/mol.